The van der Waals surface area contributed by atoms with Crippen molar-refractivity contribution in [3.63, 3.8) is 0 Å². The number of halogens is 4. The lowest BCUT2D eigenvalue weighted by atomic mass is 10.2. The van der Waals surface area contributed by atoms with Crippen molar-refractivity contribution >= 4 is 17.3 Å². The average Bonchev–Trinajstić information content (AvgIpc) is 2.43. The van der Waals surface area contributed by atoms with Crippen LogP contribution in [0.3, 0.4) is 0 Å². The maximum Gasteiger partial charge on any atom is 0.401 e. The first-order valence-corrected chi connectivity index (χ1v) is 7.32. The summed E-state index contributed by atoms with van der Waals surface area (Å²) in [7, 11) is 0. The number of piperazine rings is 1. The minimum atomic E-state index is -4.13. The summed E-state index contributed by atoms with van der Waals surface area (Å²) in [5.74, 6) is 0. The first-order valence-electron chi connectivity index (χ1n) is 6.94. The molecule has 0 spiro atoms. The van der Waals surface area contributed by atoms with Crippen LogP contribution < -0.4 is 10.2 Å². The Labute approximate surface area is 127 Å². The fraction of sp³-hybridized carbons (Fsp3) is 0.571. The lowest BCUT2D eigenvalue weighted by molar-refractivity contribution is -0.124. The van der Waals surface area contributed by atoms with Crippen LogP contribution in [-0.2, 0) is 0 Å². The summed E-state index contributed by atoms with van der Waals surface area (Å²) in [4.78, 5) is 4.41. The van der Waals surface area contributed by atoms with Gasteiger partial charge in [0.2, 0.25) is 0 Å². The Morgan fingerprint density at radius 2 is 1.86 bits per heavy atom. The highest BCUT2D eigenvalue weighted by Crippen LogP contribution is 2.20. The monoisotopic (exact) mass is 321 g/mol. The van der Waals surface area contributed by atoms with E-state index in [-0.39, 0.29) is 0 Å². The molecule has 1 aliphatic rings. The summed E-state index contributed by atoms with van der Waals surface area (Å²) in [6, 6.07) is 7.72. The third-order valence-corrected chi connectivity index (χ3v) is 3.71. The van der Waals surface area contributed by atoms with Gasteiger partial charge in [0.05, 0.1) is 6.54 Å². The van der Waals surface area contributed by atoms with Gasteiger partial charge in [0.25, 0.3) is 0 Å². The van der Waals surface area contributed by atoms with E-state index in [1.54, 1.807) is 0 Å². The second kappa shape index (κ2) is 7.33. The van der Waals surface area contributed by atoms with Crippen LogP contribution in [0, 0.1) is 0 Å². The van der Waals surface area contributed by atoms with Crippen molar-refractivity contribution in [3.05, 3.63) is 29.3 Å². The molecule has 0 aromatic heterocycles. The number of nitrogens with zero attached hydrogens (tertiary/aromatic N) is 2. The van der Waals surface area contributed by atoms with Gasteiger partial charge < -0.3 is 10.2 Å². The maximum atomic E-state index is 12.0. The fourth-order valence-electron chi connectivity index (χ4n) is 2.37. The number of hydrogen-bond donors (Lipinski definition) is 1. The molecule has 1 aromatic carbocycles. The summed E-state index contributed by atoms with van der Waals surface area (Å²) in [6.45, 7) is 3.49. The Balaban J connectivity index is 1.69. The Kier molecular flexibility index (Phi) is 5.72. The van der Waals surface area contributed by atoms with Gasteiger partial charge in [0.15, 0.2) is 0 Å². The van der Waals surface area contributed by atoms with Crippen molar-refractivity contribution < 1.29 is 13.2 Å². The zero-order chi connectivity index (χ0) is 15.3. The van der Waals surface area contributed by atoms with Crippen molar-refractivity contribution in [2.75, 3.05) is 50.7 Å². The predicted octanol–water partition coefficient (Wildman–Crippen LogP) is 2.61. The Morgan fingerprint density at radius 3 is 2.48 bits per heavy atom. The van der Waals surface area contributed by atoms with Crippen LogP contribution in [-0.4, -0.2) is 56.9 Å². The first kappa shape index (κ1) is 16.4. The Hall–Kier alpha value is -0.980. The lowest BCUT2D eigenvalue weighted by Gasteiger charge is -2.36. The molecule has 0 radical (unpaired) electrons. The molecule has 0 saturated carbocycles. The Bertz CT molecular complexity index is 445. The lowest BCUT2D eigenvalue weighted by Crippen LogP contribution is -2.48. The predicted molar refractivity (Wildman–Crippen MR) is 79.0 cm³/mol. The second-order valence-corrected chi connectivity index (χ2v) is 5.54. The minimum Gasteiger partial charge on any atom is -0.369 e. The normalized spacial score (nSPS) is 17.2. The van der Waals surface area contributed by atoms with Gasteiger partial charge in [-0.2, -0.15) is 13.2 Å². The van der Waals surface area contributed by atoms with E-state index in [0.29, 0.717) is 18.1 Å². The van der Waals surface area contributed by atoms with Gasteiger partial charge in [-0.25, -0.2) is 0 Å². The maximum absolute atomic E-state index is 12.0. The van der Waals surface area contributed by atoms with Crippen LogP contribution >= 0.6 is 11.6 Å². The molecule has 0 aliphatic carbocycles. The van der Waals surface area contributed by atoms with Crippen molar-refractivity contribution in [2.24, 2.45) is 0 Å². The molecule has 1 saturated heterocycles. The van der Waals surface area contributed by atoms with Crippen molar-refractivity contribution in [2.45, 2.75) is 6.18 Å². The summed E-state index contributed by atoms with van der Waals surface area (Å²) >= 11 is 5.98. The van der Waals surface area contributed by atoms with E-state index in [4.69, 9.17) is 11.6 Å². The quantitative estimate of drug-likeness (QED) is 0.841. The standard InChI is InChI=1S/C14H19ClF3N3/c15-12-2-1-3-13(10-12)21-8-6-20(7-9-21)5-4-19-11-14(16,17)18/h1-3,10,19H,4-9,11H2. The third kappa shape index (κ3) is 5.73. The molecule has 0 atom stereocenters. The molecule has 1 fully saturated rings. The van der Waals surface area contributed by atoms with E-state index in [9.17, 15) is 13.2 Å². The second-order valence-electron chi connectivity index (χ2n) is 5.10. The largest absolute Gasteiger partial charge is 0.401 e. The molecule has 3 nitrogen and oxygen atoms in total. The molecule has 2 rings (SSSR count). The van der Waals surface area contributed by atoms with Gasteiger partial charge in [0, 0.05) is 50.0 Å². The smallest absolute Gasteiger partial charge is 0.369 e. The van der Waals surface area contributed by atoms with Gasteiger partial charge in [-0.1, -0.05) is 17.7 Å². The third-order valence-electron chi connectivity index (χ3n) is 3.48. The molecule has 118 valence electrons. The number of nitrogens with one attached hydrogen (secondary N) is 1. The van der Waals surface area contributed by atoms with E-state index >= 15 is 0 Å². The van der Waals surface area contributed by atoms with Gasteiger partial charge in [-0.3, -0.25) is 4.90 Å². The zero-order valence-electron chi connectivity index (χ0n) is 11.7. The van der Waals surface area contributed by atoms with Gasteiger partial charge in [-0.05, 0) is 18.2 Å². The Morgan fingerprint density at radius 1 is 1.14 bits per heavy atom. The minimum absolute atomic E-state index is 0.358. The number of hydrogen-bond acceptors (Lipinski definition) is 3. The summed E-state index contributed by atoms with van der Waals surface area (Å²) in [5.41, 5.74) is 1.09. The highest BCUT2D eigenvalue weighted by Gasteiger charge is 2.26. The van der Waals surface area contributed by atoms with Crippen molar-refractivity contribution in [3.8, 4) is 0 Å². The van der Waals surface area contributed by atoms with Crippen LogP contribution in [0.15, 0.2) is 24.3 Å². The molecule has 1 N–H and O–H groups in total. The van der Waals surface area contributed by atoms with E-state index in [1.165, 1.54) is 0 Å². The number of anilines is 1. The van der Waals surface area contributed by atoms with E-state index in [1.807, 2.05) is 24.3 Å². The van der Waals surface area contributed by atoms with Crippen LogP contribution in [0.2, 0.25) is 5.02 Å². The van der Waals surface area contributed by atoms with Crippen LogP contribution in [0.4, 0.5) is 18.9 Å². The summed E-state index contributed by atoms with van der Waals surface area (Å²) < 4.78 is 36.0. The molecule has 0 amide bonds. The average molecular weight is 322 g/mol. The fourth-order valence-corrected chi connectivity index (χ4v) is 2.55. The molecule has 21 heavy (non-hydrogen) atoms. The van der Waals surface area contributed by atoms with E-state index < -0.39 is 12.7 Å². The molecule has 0 unspecified atom stereocenters. The van der Waals surface area contributed by atoms with Crippen LogP contribution in [0.25, 0.3) is 0 Å². The number of rotatable bonds is 5. The van der Waals surface area contributed by atoms with Crippen LogP contribution in [0.5, 0.6) is 0 Å². The van der Waals surface area contributed by atoms with E-state index in [0.717, 1.165) is 31.9 Å². The molecule has 1 heterocycles. The first-order chi connectivity index (χ1) is 9.94. The van der Waals surface area contributed by atoms with Gasteiger partial charge >= 0.3 is 6.18 Å². The topological polar surface area (TPSA) is 18.5 Å². The molecule has 0 bridgehead atoms. The molecule has 1 aliphatic heterocycles. The molecular formula is C14H19ClF3N3. The van der Waals surface area contributed by atoms with Crippen LogP contribution in [0.1, 0.15) is 0 Å². The molecular weight excluding hydrogens is 303 g/mol. The SMILES string of the molecule is FC(F)(F)CNCCN1CCN(c2cccc(Cl)c2)CC1. The summed E-state index contributed by atoms with van der Waals surface area (Å²) in [6.07, 6.45) is -4.13. The highest BCUT2D eigenvalue weighted by atomic mass is 35.5. The van der Waals surface area contributed by atoms with Crippen molar-refractivity contribution in [1.29, 1.82) is 0 Å². The van der Waals surface area contributed by atoms with Gasteiger partial charge in [0.1, 0.15) is 0 Å². The van der Waals surface area contributed by atoms with Gasteiger partial charge in [-0.15, -0.1) is 0 Å². The number of benzene rings is 1. The highest BCUT2D eigenvalue weighted by molar-refractivity contribution is 6.30. The molecule has 7 heteroatoms. The van der Waals surface area contributed by atoms with Crippen molar-refractivity contribution in [1.82, 2.24) is 10.2 Å². The number of alkyl halides is 3. The summed E-state index contributed by atoms with van der Waals surface area (Å²) in [5, 5.41) is 3.14. The van der Waals surface area contributed by atoms with E-state index in [2.05, 4.69) is 15.1 Å². The zero-order valence-corrected chi connectivity index (χ0v) is 12.4. The molecule has 1 aromatic rings.